The van der Waals surface area contributed by atoms with Gasteiger partial charge in [-0.05, 0) is 50.2 Å². The van der Waals surface area contributed by atoms with Crippen LogP contribution in [0, 0.1) is 13.8 Å². The molecule has 1 aliphatic rings. The predicted octanol–water partition coefficient (Wildman–Crippen LogP) is 3.04. The molecule has 3 aromatic carbocycles. The summed E-state index contributed by atoms with van der Waals surface area (Å²) in [6.07, 6.45) is 0. The van der Waals surface area contributed by atoms with Gasteiger partial charge in [0.2, 0.25) is 15.9 Å². The highest BCUT2D eigenvalue weighted by Crippen LogP contribution is 2.28. The Bertz CT molecular complexity index is 1500. The molecular weight excluding hydrogens is 526 g/mol. The van der Waals surface area contributed by atoms with Gasteiger partial charge in [0.05, 0.1) is 22.6 Å². The Hall–Kier alpha value is -3.41. The van der Waals surface area contributed by atoms with Gasteiger partial charge < -0.3 is 9.64 Å². The Labute approximate surface area is 224 Å². The highest BCUT2D eigenvalue weighted by Gasteiger charge is 2.33. The van der Waals surface area contributed by atoms with E-state index in [1.54, 1.807) is 60.7 Å². The summed E-state index contributed by atoms with van der Waals surface area (Å²) in [4.78, 5) is 15.1. The molecule has 1 saturated heterocycles. The number of methoxy groups -OCH3 is 1. The van der Waals surface area contributed by atoms with Gasteiger partial charge in [-0.3, -0.25) is 9.10 Å². The summed E-state index contributed by atoms with van der Waals surface area (Å²) in [5, 5.41) is 0. The first-order valence-electron chi connectivity index (χ1n) is 12.1. The molecular formula is C27H31N3O6S2. The lowest BCUT2D eigenvalue weighted by molar-refractivity contribution is -0.130. The summed E-state index contributed by atoms with van der Waals surface area (Å²) < 4.78 is 61.1. The van der Waals surface area contributed by atoms with Crippen molar-refractivity contribution in [2.75, 3.05) is 44.1 Å². The molecule has 38 heavy (non-hydrogen) atoms. The SMILES string of the molecule is COc1cccc(N(CC(=O)N2CCN(S(=O)(=O)c3ccc(C)cc3)CC2)S(=O)(=O)c2ccc(C)cc2)c1. The fourth-order valence-corrected chi connectivity index (χ4v) is 7.01. The van der Waals surface area contributed by atoms with Crippen LogP contribution >= 0.6 is 0 Å². The molecule has 1 aliphatic heterocycles. The number of amides is 1. The average molecular weight is 558 g/mol. The van der Waals surface area contributed by atoms with Gasteiger partial charge >= 0.3 is 0 Å². The Balaban J connectivity index is 1.54. The second kappa shape index (κ2) is 11.1. The Morgan fingerprint density at radius 1 is 0.816 bits per heavy atom. The van der Waals surface area contributed by atoms with Gasteiger partial charge in [0.25, 0.3) is 10.0 Å². The van der Waals surface area contributed by atoms with Crippen molar-refractivity contribution in [1.29, 1.82) is 0 Å². The zero-order chi connectivity index (χ0) is 27.5. The highest BCUT2D eigenvalue weighted by molar-refractivity contribution is 7.92. The van der Waals surface area contributed by atoms with Gasteiger partial charge in [-0.15, -0.1) is 0 Å². The molecule has 1 fully saturated rings. The predicted molar refractivity (Wildman–Crippen MR) is 145 cm³/mol. The quantitative estimate of drug-likeness (QED) is 0.422. The fourth-order valence-electron chi connectivity index (χ4n) is 4.18. The normalized spacial score (nSPS) is 14.8. The van der Waals surface area contributed by atoms with Gasteiger partial charge in [0, 0.05) is 32.2 Å². The minimum Gasteiger partial charge on any atom is -0.497 e. The van der Waals surface area contributed by atoms with Crippen molar-refractivity contribution in [3.8, 4) is 5.75 Å². The minimum atomic E-state index is -4.08. The number of carbonyl (C=O) groups excluding carboxylic acids is 1. The van der Waals surface area contributed by atoms with Crippen LogP contribution in [0.3, 0.4) is 0 Å². The van der Waals surface area contributed by atoms with Crippen molar-refractivity contribution in [2.45, 2.75) is 23.6 Å². The second-order valence-corrected chi connectivity index (χ2v) is 12.9. The van der Waals surface area contributed by atoms with Crippen molar-refractivity contribution < 1.29 is 26.4 Å². The maximum atomic E-state index is 13.7. The van der Waals surface area contributed by atoms with Gasteiger partial charge in [-0.1, -0.05) is 41.5 Å². The third-order valence-electron chi connectivity index (χ3n) is 6.48. The standard InChI is InChI=1S/C27H31N3O6S2/c1-21-7-11-25(12-8-21)37(32,33)29-17-15-28(16-18-29)27(31)20-30(23-5-4-6-24(19-23)36-3)38(34,35)26-13-9-22(2)10-14-26/h4-14,19H,15-18,20H2,1-3H3. The van der Waals surface area contributed by atoms with E-state index in [1.807, 2.05) is 13.8 Å². The monoisotopic (exact) mass is 557 g/mol. The zero-order valence-electron chi connectivity index (χ0n) is 21.6. The van der Waals surface area contributed by atoms with E-state index in [2.05, 4.69) is 0 Å². The number of hydrogen-bond donors (Lipinski definition) is 0. The molecule has 0 bridgehead atoms. The Morgan fingerprint density at radius 2 is 1.37 bits per heavy atom. The summed E-state index contributed by atoms with van der Waals surface area (Å²) in [7, 11) is -6.29. The van der Waals surface area contributed by atoms with Crippen LogP contribution in [-0.4, -0.2) is 71.8 Å². The molecule has 3 aromatic rings. The largest absolute Gasteiger partial charge is 0.497 e. The molecule has 0 spiro atoms. The minimum absolute atomic E-state index is 0.0627. The number of benzene rings is 3. The number of aryl methyl sites for hydroxylation is 2. The number of ether oxygens (including phenoxy) is 1. The number of nitrogens with zero attached hydrogens (tertiary/aromatic N) is 3. The summed E-state index contributed by atoms with van der Waals surface area (Å²) in [6, 6.07) is 19.6. The van der Waals surface area contributed by atoms with Crippen LogP contribution in [0.15, 0.2) is 82.6 Å². The van der Waals surface area contributed by atoms with Gasteiger partial charge in [0.1, 0.15) is 12.3 Å². The van der Waals surface area contributed by atoms with E-state index in [0.717, 1.165) is 15.4 Å². The summed E-state index contributed by atoms with van der Waals surface area (Å²) in [5.41, 5.74) is 2.16. The molecule has 9 nitrogen and oxygen atoms in total. The van der Waals surface area contributed by atoms with Crippen LogP contribution in [0.2, 0.25) is 0 Å². The molecule has 0 radical (unpaired) electrons. The van der Waals surface area contributed by atoms with Crippen LogP contribution < -0.4 is 9.04 Å². The Kier molecular flexibility index (Phi) is 8.10. The van der Waals surface area contributed by atoms with E-state index in [0.29, 0.717) is 11.4 Å². The van der Waals surface area contributed by atoms with E-state index < -0.39 is 32.5 Å². The lowest BCUT2D eigenvalue weighted by Gasteiger charge is -2.35. The molecule has 11 heteroatoms. The maximum Gasteiger partial charge on any atom is 0.264 e. The summed E-state index contributed by atoms with van der Waals surface area (Å²) in [5.74, 6) is 0.0323. The highest BCUT2D eigenvalue weighted by atomic mass is 32.2. The van der Waals surface area contributed by atoms with Crippen molar-refractivity contribution in [3.63, 3.8) is 0 Å². The number of anilines is 1. The van der Waals surface area contributed by atoms with Gasteiger partial charge in [-0.2, -0.15) is 4.31 Å². The van der Waals surface area contributed by atoms with E-state index >= 15 is 0 Å². The summed E-state index contributed by atoms with van der Waals surface area (Å²) >= 11 is 0. The molecule has 0 saturated carbocycles. The van der Waals surface area contributed by atoms with E-state index in [9.17, 15) is 21.6 Å². The maximum absolute atomic E-state index is 13.7. The average Bonchev–Trinajstić information content (AvgIpc) is 2.92. The van der Waals surface area contributed by atoms with Crippen molar-refractivity contribution in [1.82, 2.24) is 9.21 Å². The Morgan fingerprint density at radius 3 is 1.92 bits per heavy atom. The number of sulfonamides is 2. The number of carbonyl (C=O) groups is 1. The molecule has 4 rings (SSSR count). The molecule has 0 aromatic heterocycles. The van der Waals surface area contributed by atoms with Gasteiger partial charge in [0.15, 0.2) is 0 Å². The molecule has 0 aliphatic carbocycles. The van der Waals surface area contributed by atoms with Crippen LogP contribution in [0.25, 0.3) is 0 Å². The lowest BCUT2D eigenvalue weighted by Crippen LogP contribution is -2.53. The smallest absolute Gasteiger partial charge is 0.264 e. The van der Waals surface area contributed by atoms with E-state index in [-0.39, 0.29) is 36.0 Å². The third kappa shape index (κ3) is 5.85. The topological polar surface area (TPSA) is 104 Å². The molecule has 0 N–H and O–H groups in total. The van der Waals surface area contributed by atoms with Crippen LogP contribution in [0.5, 0.6) is 5.75 Å². The van der Waals surface area contributed by atoms with E-state index in [1.165, 1.54) is 28.4 Å². The molecule has 1 amide bonds. The first-order chi connectivity index (χ1) is 18.0. The van der Waals surface area contributed by atoms with Crippen molar-refractivity contribution in [2.24, 2.45) is 0 Å². The van der Waals surface area contributed by atoms with Crippen molar-refractivity contribution in [3.05, 3.63) is 83.9 Å². The van der Waals surface area contributed by atoms with E-state index in [4.69, 9.17) is 4.74 Å². The third-order valence-corrected chi connectivity index (χ3v) is 10.2. The van der Waals surface area contributed by atoms with Crippen LogP contribution in [0.4, 0.5) is 5.69 Å². The molecule has 0 unspecified atom stereocenters. The number of rotatable bonds is 8. The molecule has 202 valence electrons. The van der Waals surface area contributed by atoms with Crippen molar-refractivity contribution >= 4 is 31.6 Å². The first-order valence-corrected chi connectivity index (χ1v) is 15.0. The van der Waals surface area contributed by atoms with Crippen LogP contribution in [0.1, 0.15) is 11.1 Å². The molecule has 0 atom stereocenters. The first kappa shape index (κ1) is 27.6. The summed E-state index contributed by atoms with van der Waals surface area (Å²) in [6.45, 7) is 3.85. The van der Waals surface area contributed by atoms with Gasteiger partial charge in [-0.25, -0.2) is 16.8 Å². The fraction of sp³-hybridized carbons (Fsp3) is 0.296. The second-order valence-electron chi connectivity index (χ2n) is 9.12. The lowest BCUT2D eigenvalue weighted by atomic mass is 10.2. The number of piperazine rings is 1. The zero-order valence-corrected chi connectivity index (χ0v) is 23.2. The van der Waals surface area contributed by atoms with Crippen LogP contribution in [-0.2, 0) is 24.8 Å². The molecule has 1 heterocycles. The number of hydrogen-bond acceptors (Lipinski definition) is 6.